The maximum Gasteiger partial charge on any atom is 0.207 e. The van der Waals surface area contributed by atoms with Crippen LogP contribution in [0.3, 0.4) is 0 Å². The van der Waals surface area contributed by atoms with E-state index in [0.717, 1.165) is 25.8 Å². The Hall–Kier alpha value is -2.33. The van der Waals surface area contributed by atoms with Gasteiger partial charge in [-0.1, -0.05) is 30.3 Å². The zero-order valence-electron chi connectivity index (χ0n) is 11.2. The van der Waals surface area contributed by atoms with Crippen molar-refractivity contribution in [1.29, 1.82) is 10.5 Å². The lowest BCUT2D eigenvalue weighted by atomic mass is 10.1. The fourth-order valence-electron chi connectivity index (χ4n) is 1.84. The van der Waals surface area contributed by atoms with E-state index in [4.69, 9.17) is 10.5 Å². The smallest absolute Gasteiger partial charge is 0.207 e. The summed E-state index contributed by atoms with van der Waals surface area (Å²) in [5, 5.41) is 17.2. The zero-order chi connectivity index (χ0) is 13.9. The molecule has 0 amide bonds. The summed E-state index contributed by atoms with van der Waals surface area (Å²) in [4.78, 5) is 5.56. The molecule has 0 N–H and O–H groups in total. The molecule has 0 bridgehead atoms. The number of nitriles is 2. The highest BCUT2D eigenvalue weighted by atomic mass is 15.2. The first kappa shape index (κ1) is 14.7. The van der Waals surface area contributed by atoms with E-state index in [0.29, 0.717) is 5.84 Å². The number of benzene rings is 1. The van der Waals surface area contributed by atoms with Crippen molar-refractivity contribution in [2.24, 2.45) is 4.99 Å². The molecule has 4 heteroatoms. The van der Waals surface area contributed by atoms with Gasteiger partial charge in [0, 0.05) is 13.6 Å². The number of hydrogen-bond acceptors (Lipinski definition) is 3. The predicted molar refractivity (Wildman–Crippen MR) is 75.3 cm³/mol. The van der Waals surface area contributed by atoms with Gasteiger partial charge in [-0.05, 0) is 24.8 Å². The molecule has 98 valence electrons. The van der Waals surface area contributed by atoms with E-state index in [2.05, 4.69) is 17.1 Å². The highest BCUT2D eigenvalue weighted by molar-refractivity contribution is 5.84. The first-order valence-electron chi connectivity index (χ1n) is 6.35. The van der Waals surface area contributed by atoms with Gasteiger partial charge in [-0.25, -0.2) is 0 Å². The SMILES string of the molecule is CN(CCCCc1ccccc1)C(CC#N)=NC#N. The van der Waals surface area contributed by atoms with Gasteiger partial charge in [0.2, 0.25) is 6.19 Å². The molecule has 1 rings (SSSR count). The minimum atomic E-state index is 0.183. The standard InChI is InChI=1S/C15H18N4/c1-19(15(10-11-16)18-13-17)12-6-5-9-14-7-3-2-4-8-14/h2-4,7-8H,5-6,9-10,12H2,1H3. The molecule has 0 saturated heterocycles. The summed E-state index contributed by atoms with van der Waals surface area (Å²) in [6.07, 6.45) is 5.08. The van der Waals surface area contributed by atoms with Crippen molar-refractivity contribution in [2.75, 3.05) is 13.6 Å². The Morgan fingerprint density at radius 1 is 1.21 bits per heavy atom. The van der Waals surface area contributed by atoms with E-state index in [1.165, 1.54) is 5.56 Å². The molecule has 0 aliphatic heterocycles. The van der Waals surface area contributed by atoms with Gasteiger partial charge in [0.25, 0.3) is 0 Å². The van der Waals surface area contributed by atoms with Crippen molar-refractivity contribution in [3.8, 4) is 12.3 Å². The Morgan fingerprint density at radius 2 is 1.95 bits per heavy atom. The fourth-order valence-corrected chi connectivity index (χ4v) is 1.84. The maximum absolute atomic E-state index is 8.67. The summed E-state index contributed by atoms with van der Waals surface area (Å²) < 4.78 is 0. The second kappa shape index (κ2) is 8.72. The number of aryl methyl sites for hydroxylation is 1. The molecular weight excluding hydrogens is 236 g/mol. The van der Waals surface area contributed by atoms with Gasteiger partial charge in [-0.2, -0.15) is 15.5 Å². The van der Waals surface area contributed by atoms with E-state index < -0.39 is 0 Å². The summed E-state index contributed by atoms with van der Waals surface area (Å²) in [5.74, 6) is 0.546. The van der Waals surface area contributed by atoms with Gasteiger partial charge in [0.15, 0.2) is 0 Å². The molecule has 4 nitrogen and oxygen atoms in total. The van der Waals surface area contributed by atoms with Crippen LogP contribution in [-0.4, -0.2) is 24.3 Å². The van der Waals surface area contributed by atoms with E-state index in [1.807, 2.05) is 36.2 Å². The molecule has 0 spiro atoms. The number of hydrogen-bond donors (Lipinski definition) is 0. The second-order valence-corrected chi connectivity index (χ2v) is 4.33. The molecule has 0 aliphatic carbocycles. The third kappa shape index (κ3) is 5.70. The molecule has 0 atom stereocenters. The molecule has 0 radical (unpaired) electrons. The van der Waals surface area contributed by atoms with Gasteiger partial charge < -0.3 is 4.90 Å². The van der Waals surface area contributed by atoms with Crippen LogP contribution in [0.4, 0.5) is 0 Å². The largest absolute Gasteiger partial charge is 0.362 e. The highest BCUT2D eigenvalue weighted by Crippen LogP contribution is 2.05. The van der Waals surface area contributed by atoms with Crippen molar-refractivity contribution >= 4 is 5.84 Å². The Balaban J connectivity index is 2.31. The number of rotatable bonds is 6. The molecule has 0 aromatic heterocycles. The van der Waals surface area contributed by atoms with E-state index in [-0.39, 0.29) is 6.42 Å². The Kier molecular flexibility index (Phi) is 6.76. The van der Waals surface area contributed by atoms with Crippen LogP contribution in [0.5, 0.6) is 0 Å². The molecule has 1 aromatic rings. The van der Waals surface area contributed by atoms with E-state index in [1.54, 1.807) is 6.19 Å². The third-order valence-corrected chi connectivity index (χ3v) is 2.91. The van der Waals surface area contributed by atoms with Gasteiger partial charge in [0.05, 0.1) is 12.5 Å². The van der Waals surface area contributed by atoms with Crippen LogP contribution in [0.25, 0.3) is 0 Å². The maximum atomic E-state index is 8.67. The molecule has 0 fully saturated rings. The van der Waals surface area contributed by atoms with Crippen molar-refractivity contribution < 1.29 is 0 Å². The Bertz CT molecular complexity index is 479. The summed E-state index contributed by atoms with van der Waals surface area (Å²) in [6, 6.07) is 12.4. The average Bonchev–Trinajstić information content (AvgIpc) is 2.44. The van der Waals surface area contributed by atoms with E-state index in [9.17, 15) is 0 Å². The Morgan fingerprint density at radius 3 is 2.58 bits per heavy atom. The van der Waals surface area contributed by atoms with Crippen molar-refractivity contribution in [1.82, 2.24) is 4.90 Å². The van der Waals surface area contributed by atoms with Gasteiger partial charge >= 0.3 is 0 Å². The predicted octanol–water partition coefficient (Wildman–Crippen LogP) is 2.73. The average molecular weight is 254 g/mol. The highest BCUT2D eigenvalue weighted by Gasteiger charge is 2.05. The first-order chi connectivity index (χ1) is 9.27. The molecule has 0 heterocycles. The van der Waals surface area contributed by atoms with Crippen LogP contribution in [0.1, 0.15) is 24.8 Å². The van der Waals surface area contributed by atoms with Crippen molar-refractivity contribution in [2.45, 2.75) is 25.7 Å². The minimum absolute atomic E-state index is 0.183. The summed E-state index contributed by atoms with van der Waals surface area (Å²) >= 11 is 0. The minimum Gasteiger partial charge on any atom is -0.362 e. The van der Waals surface area contributed by atoms with Crippen LogP contribution in [0, 0.1) is 22.8 Å². The van der Waals surface area contributed by atoms with Crippen LogP contribution in [0.2, 0.25) is 0 Å². The fraction of sp³-hybridized carbons (Fsp3) is 0.400. The summed E-state index contributed by atoms with van der Waals surface area (Å²) in [6.45, 7) is 0.815. The Labute approximate surface area is 114 Å². The van der Waals surface area contributed by atoms with Crippen LogP contribution in [-0.2, 0) is 6.42 Å². The zero-order valence-corrected chi connectivity index (χ0v) is 11.2. The summed E-state index contributed by atoms with van der Waals surface area (Å²) in [7, 11) is 1.87. The summed E-state index contributed by atoms with van der Waals surface area (Å²) in [5.41, 5.74) is 1.34. The third-order valence-electron chi connectivity index (χ3n) is 2.91. The lowest BCUT2D eigenvalue weighted by Crippen LogP contribution is -2.27. The van der Waals surface area contributed by atoms with Crippen LogP contribution >= 0.6 is 0 Å². The molecule has 1 aromatic carbocycles. The van der Waals surface area contributed by atoms with Gasteiger partial charge in [-0.15, -0.1) is 0 Å². The number of aliphatic imine (C=N–C) groups is 1. The molecule has 0 saturated carbocycles. The van der Waals surface area contributed by atoms with Crippen LogP contribution < -0.4 is 0 Å². The van der Waals surface area contributed by atoms with Gasteiger partial charge in [-0.3, -0.25) is 0 Å². The lowest BCUT2D eigenvalue weighted by Gasteiger charge is -2.18. The number of unbranched alkanes of at least 4 members (excludes halogenated alkanes) is 1. The van der Waals surface area contributed by atoms with Crippen molar-refractivity contribution in [3.63, 3.8) is 0 Å². The number of amidine groups is 1. The number of nitrogens with zero attached hydrogens (tertiary/aromatic N) is 4. The lowest BCUT2D eigenvalue weighted by molar-refractivity contribution is 0.472. The second-order valence-electron chi connectivity index (χ2n) is 4.33. The molecule has 19 heavy (non-hydrogen) atoms. The van der Waals surface area contributed by atoms with E-state index >= 15 is 0 Å². The first-order valence-corrected chi connectivity index (χ1v) is 6.35. The van der Waals surface area contributed by atoms with Crippen LogP contribution in [0.15, 0.2) is 35.3 Å². The molecule has 0 aliphatic rings. The van der Waals surface area contributed by atoms with Crippen molar-refractivity contribution in [3.05, 3.63) is 35.9 Å². The van der Waals surface area contributed by atoms with Gasteiger partial charge in [0.1, 0.15) is 5.84 Å². The normalized spacial score (nSPS) is 10.6. The molecule has 0 unspecified atom stereocenters. The topological polar surface area (TPSA) is 63.2 Å². The monoisotopic (exact) mass is 254 g/mol. The molecular formula is C15H18N4. The quantitative estimate of drug-likeness (QED) is 0.339.